The zero-order valence-electron chi connectivity index (χ0n) is 16.9. The molecule has 0 unspecified atom stereocenters. The van der Waals surface area contributed by atoms with Crippen molar-refractivity contribution in [3.63, 3.8) is 0 Å². The van der Waals surface area contributed by atoms with Gasteiger partial charge < -0.3 is 14.4 Å². The molecule has 0 bridgehead atoms. The van der Waals surface area contributed by atoms with Crippen molar-refractivity contribution in [1.82, 2.24) is 14.9 Å². The molecule has 0 aliphatic carbocycles. The summed E-state index contributed by atoms with van der Waals surface area (Å²) in [6.45, 7) is 1.07. The minimum Gasteiger partial charge on any atom is -0.440 e. The lowest BCUT2D eigenvalue weighted by molar-refractivity contribution is -0.0358. The number of nitrogens with zero attached hydrogens (tertiary/aromatic N) is 3. The van der Waals surface area contributed by atoms with E-state index in [2.05, 4.69) is 0 Å². The zero-order valence-corrected chi connectivity index (χ0v) is 16.9. The van der Waals surface area contributed by atoms with Crippen molar-refractivity contribution in [2.45, 2.75) is 25.4 Å². The highest BCUT2D eigenvalue weighted by Crippen LogP contribution is 2.37. The molecule has 30 heavy (non-hydrogen) atoms. The molecule has 0 atom stereocenters. The lowest BCUT2D eigenvalue weighted by atomic mass is 9.97. The van der Waals surface area contributed by atoms with Crippen molar-refractivity contribution in [3.05, 3.63) is 66.1 Å². The number of oxazole rings is 1. The normalized spacial score (nSPS) is 14.7. The van der Waals surface area contributed by atoms with Gasteiger partial charge in [-0.05, 0) is 18.4 Å². The van der Waals surface area contributed by atoms with Crippen LogP contribution in [0.2, 0.25) is 0 Å². The summed E-state index contributed by atoms with van der Waals surface area (Å²) in [4.78, 5) is 18.4. The van der Waals surface area contributed by atoms with Crippen LogP contribution in [-0.4, -0.2) is 51.4 Å². The predicted molar refractivity (Wildman–Crippen MR) is 112 cm³/mol. The van der Waals surface area contributed by atoms with Gasteiger partial charge in [0.1, 0.15) is 5.69 Å². The third-order valence-corrected chi connectivity index (χ3v) is 5.48. The molecule has 2 aromatic carbocycles. The van der Waals surface area contributed by atoms with Crippen LogP contribution in [0.25, 0.3) is 22.6 Å². The Morgan fingerprint density at radius 1 is 1.10 bits per heavy atom. The first kappa shape index (κ1) is 20.1. The van der Waals surface area contributed by atoms with Gasteiger partial charge in [-0.1, -0.05) is 54.6 Å². The van der Waals surface area contributed by atoms with Crippen LogP contribution in [-0.2, 0) is 6.61 Å². The van der Waals surface area contributed by atoms with Gasteiger partial charge in [0, 0.05) is 37.2 Å². The summed E-state index contributed by atoms with van der Waals surface area (Å²) in [6, 6.07) is 17.1. The molecule has 1 aliphatic heterocycles. The van der Waals surface area contributed by atoms with Crippen molar-refractivity contribution >= 4 is 6.03 Å². The summed E-state index contributed by atoms with van der Waals surface area (Å²) in [5.74, 6) is 1.47. The monoisotopic (exact) mass is 407 g/mol. The molecule has 0 radical (unpaired) electrons. The lowest BCUT2D eigenvalue weighted by Gasteiger charge is -2.31. The number of amides is 2. The fraction of sp³-hybridized carbons (Fsp3) is 0.304. The van der Waals surface area contributed by atoms with Crippen LogP contribution in [0.5, 0.6) is 0 Å². The lowest BCUT2D eigenvalue weighted by Crippen LogP contribution is -2.43. The van der Waals surface area contributed by atoms with Crippen molar-refractivity contribution < 1.29 is 19.5 Å². The zero-order chi connectivity index (χ0) is 21.1. The number of aromatic nitrogens is 1. The Balaban J connectivity index is 1.64. The number of carbonyl (C=O) groups excluding carboxylic acids is 1. The predicted octanol–water partition coefficient (Wildman–Crippen LogP) is 4.12. The number of benzene rings is 2. The van der Waals surface area contributed by atoms with Crippen molar-refractivity contribution in [3.8, 4) is 22.6 Å². The summed E-state index contributed by atoms with van der Waals surface area (Å²) in [5, 5.41) is 19.3. The van der Waals surface area contributed by atoms with Crippen molar-refractivity contribution in [1.29, 1.82) is 0 Å². The second-order valence-corrected chi connectivity index (χ2v) is 7.52. The van der Waals surface area contributed by atoms with E-state index >= 15 is 0 Å². The van der Waals surface area contributed by atoms with Gasteiger partial charge in [-0.25, -0.2) is 14.8 Å². The number of piperidine rings is 1. The minimum absolute atomic E-state index is 0.00615. The number of urea groups is 1. The van der Waals surface area contributed by atoms with E-state index in [-0.39, 0.29) is 12.5 Å². The van der Waals surface area contributed by atoms with E-state index in [1.807, 2.05) is 54.6 Å². The topological polar surface area (TPSA) is 90.0 Å². The summed E-state index contributed by atoms with van der Waals surface area (Å²) in [7, 11) is 1.34. The van der Waals surface area contributed by atoms with E-state index < -0.39 is 6.03 Å². The molecule has 7 heteroatoms. The second kappa shape index (κ2) is 8.69. The smallest absolute Gasteiger partial charge is 0.343 e. The molecule has 7 nitrogen and oxygen atoms in total. The molecule has 1 fully saturated rings. The molecule has 1 aliphatic rings. The average Bonchev–Trinajstić information content (AvgIpc) is 3.25. The number of rotatable bonds is 4. The van der Waals surface area contributed by atoms with Gasteiger partial charge in [-0.15, -0.1) is 0 Å². The highest BCUT2D eigenvalue weighted by atomic mass is 16.5. The largest absolute Gasteiger partial charge is 0.440 e. The summed E-state index contributed by atoms with van der Waals surface area (Å²) >= 11 is 0. The standard InChI is InChI=1S/C23H25N3O4/c1-25(29)23(28)26-13-11-19(12-14-26)22-24-20(17-5-3-2-4-6-17)21(30-22)18-9-7-16(15-27)8-10-18/h2-10,19,27,29H,11-15H2,1H3. The molecule has 1 saturated heterocycles. The SMILES string of the molecule is CN(O)C(=O)N1CCC(c2nc(-c3ccccc3)c(-c3ccc(CO)cc3)o2)CC1. The number of aliphatic hydroxyl groups excluding tert-OH is 1. The van der Waals surface area contributed by atoms with Gasteiger partial charge in [-0.2, -0.15) is 0 Å². The number of hydroxylamine groups is 2. The van der Waals surface area contributed by atoms with Crippen molar-refractivity contribution in [2.24, 2.45) is 0 Å². The minimum atomic E-state index is -0.393. The quantitative estimate of drug-likeness (QED) is 0.502. The van der Waals surface area contributed by atoms with Gasteiger partial charge in [0.05, 0.1) is 6.61 Å². The molecule has 1 aromatic heterocycles. The van der Waals surface area contributed by atoms with E-state index in [1.165, 1.54) is 7.05 Å². The molecule has 2 N–H and O–H groups in total. The Kier molecular flexibility index (Phi) is 5.83. The third kappa shape index (κ3) is 4.08. The molecule has 0 saturated carbocycles. The summed E-state index contributed by atoms with van der Waals surface area (Å²) < 4.78 is 6.27. The Morgan fingerprint density at radius 2 is 1.77 bits per heavy atom. The molecule has 156 valence electrons. The molecular weight excluding hydrogens is 382 g/mol. The Morgan fingerprint density at radius 3 is 2.37 bits per heavy atom. The maximum Gasteiger partial charge on any atom is 0.343 e. The highest BCUT2D eigenvalue weighted by molar-refractivity contribution is 5.77. The maximum absolute atomic E-state index is 12.0. The summed E-state index contributed by atoms with van der Waals surface area (Å²) in [6.07, 6.45) is 1.44. The Bertz CT molecular complexity index is 991. The van der Waals surface area contributed by atoms with Gasteiger partial charge in [0.25, 0.3) is 0 Å². The summed E-state index contributed by atoms with van der Waals surface area (Å²) in [5.41, 5.74) is 3.50. The second-order valence-electron chi connectivity index (χ2n) is 7.52. The van der Waals surface area contributed by atoms with E-state index in [9.17, 15) is 15.1 Å². The van der Waals surface area contributed by atoms with Crippen LogP contribution in [0, 0.1) is 0 Å². The van der Waals surface area contributed by atoms with Crippen molar-refractivity contribution in [2.75, 3.05) is 20.1 Å². The molecular formula is C23H25N3O4. The van der Waals surface area contributed by atoms with Crippen LogP contribution >= 0.6 is 0 Å². The van der Waals surface area contributed by atoms with Crippen LogP contribution in [0.3, 0.4) is 0 Å². The number of aliphatic hydroxyl groups is 1. The van der Waals surface area contributed by atoms with Gasteiger partial charge in [0.15, 0.2) is 11.7 Å². The molecule has 2 amide bonds. The van der Waals surface area contributed by atoms with Gasteiger partial charge in [-0.3, -0.25) is 5.21 Å². The number of hydrogen-bond donors (Lipinski definition) is 2. The fourth-order valence-corrected chi connectivity index (χ4v) is 3.78. The van der Waals surface area contributed by atoms with Crippen LogP contribution < -0.4 is 0 Å². The number of hydrogen-bond acceptors (Lipinski definition) is 5. The average molecular weight is 407 g/mol. The Labute approximate surface area is 175 Å². The van der Waals surface area contributed by atoms with Crippen LogP contribution in [0.4, 0.5) is 4.79 Å². The first-order valence-corrected chi connectivity index (χ1v) is 10.0. The fourth-order valence-electron chi connectivity index (χ4n) is 3.78. The molecule has 3 aromatic rings. The highest BCUT2D eigenvalue weighted by Gasteiger charge is 2.29. The number of carbonyl (C=O) groups is 1. The van der Waals surface area contributed by atoms with E-state index in [4.69, 9.17) is 9.40 Å². The van der Waals surface area contributed by atoms with Crippen LogP contribution in [0.15, 0.2) is 59.0 Å². The first-order chi connectivity index (χ1) is 14.6. The van der Waals surface area contributed by atoms with E-state index in [1.54, 1.807) is 4.90 Å². The maximum atomic E-state index is 12.0. The molecule has 4 rings (SSSR count). The first-order valence-electron chi connectivity index (χ1n) is 10.0. The van der Waals surface area contributed by atoms with E-state index in [0.29, 0.717) is 29.8 Å². The van der Waals surface area contributed by atoms with Gasteiger partial charge in [0.2, 0.25) is 0 Å². The molecule has 0 spiro atoms. The molecule has 2 heterocycles. The third-order valence-electron chi connectivity index (χ3n) is 5.48. The van der Waals surface area contributed by atoms with Gasteiger partial charge >= 0.3 is 6.03 Å². The van der Waals surface area contributed by atoms with Crippen LogP contribution in [0.1, 0.15) is 30.2 Å². The van der Waals surface area contributed by atoms with E-state index in [0.717, 1.165) is 35.2 Å². The number of likely N-dealkylation sites (tertiary alicyclic amines) is 1. The Hall–Kier alpha value is -3.16.